The molecule has 5 heteroatoms. The first-order valence-electron chi connectivity index (χ1n) is 6.26. The fourth-order valence-corrected chi connectivity index (χ4v) is 2.79. The number of halogens is 2. The minimum atomic E-state index is 0.431. The second-order valence-electron chi connectivity index (χ2n) is 4.50. The van der Waals surface area contributed by atoms with Gasteiger partial charge in [0.15, 0.2) is 0 Å². The SMILES string of the molecule is CNCc1cc(Br)cc(C)c1OCc1ccncc1Cl. The monoisotopic (exact) mass is 354 g/mol. The molecule has 0 saturated carbocycles. The van der Waals surface area contributed by atoms with Crippen molar-refractivity contribution >= 4 is 27.5 Å². The summed E-state index contributed by atoms with van der Waals surface area (Å²) in [6, 6.07) is 5.98. The van der Waals surface area contributed by atoms with E-state index in [-0.39, 0.29) is 0 Å². The van der Waals surface area contributed by atoms with E-state index in [2.05, 4.69) is 32.3 Å². The van der Waals surface area contributed by atoms with Crippen molar-refractivity contribution in [2.45, 2.75) is 20.1 Å². The van der Waals surface area contributed by atoms with Crippen LogP contribution in [0, 0.1) is 6.92 Å². The largest absolute Gasteiger partial charge is 0.488 e. The number of benzene rings is 1. The molecule has 0 aliphatic heterocycles. The van der Waals surface area contributed by atoms with E-state index < -0.39 is 0 Å². The first-order chi connectivity index (χ1) is 9.61. The first-order valence-corrected chi connectivity index (χ1v) is 7.43. The molecule has 0 spiro atoms. The van der Waals surface area contributed by atoms with Crippen LogP contribution in [-0.2, 0) is 13.2 Å². The number of nitrogens with one attached hydrogen (secondary N) is 1. The molecule has 2 rings (SSSR count). The Morgan fingerprint density at radius 3 is 2.85 bits per heavy atom. The summed E-state index contributed by atoms with van der Waals surface area (Å²) in [4.78, 5) is 3.97. The molecule has 106 valence electrons. The number of hydrogen-bond acceptors (Lipinski definition) is 3. The minimum Gasteiger partial charge on any atom is -0.488 e. The van der Waals surface area contributed by atoms with Crippen molar-refractivity contribution in [2.75, 3.05) is 7.05 Å². The number of hydrogen-bond donors (Lipinski definition) is 1. The number of aromatic nitrogens is 1. The van der Waals surface area contributed by atoms with E-state index in [9.17, 15) is 0 Å². The molecule has 0 atom stereocenters. The van der Waals surface area contributed by atoms with Gasteiger partial charge in [0.2, 0.25) is 0 Å². The molecule has 0 unspecified atom stereocenters. The van der Waals surface area contributed by atoms with Crippen molar-refractivity contribution < 1.29 is 4.74 Å². The maximum atomic E-state index is 6.09. The van der Waals surface area contributed by atoms with Crippen molar-refractivity contribution in [1.82, 2.24) is 10.3 Å². The molecular formula is C15H16BrClN2O. The normalized spacial score (nSPS) is 10.6. The Morgan fingerprint density at radius 2 is 2.15 bits per heavy atom. The highest BCUT2D eigenvalue weighted by Crippen LogP contribution is 2.29. The molecule has 0 saturated heterocycles. The topological polar surface area (TPSA) is 34.1 Å². The molecule has 0 aliphatic rings. The highest BCUT2D eigenvalue weighted by molar-refractivity contribution is 9.10. The van der Waals surface area contributed by atoms with Gasteiger partial charge < -0.3 is 10.1 Å². The Labute approximate surface area is 132 Å². The quantitative estimate of drug-likeness (QED) is 0.876. The van der Waals surface area contributed by atoms with Gasteiger partial charge in [-0.1, -0.05) is 27.5 Å². The van der Waals surface area contributed by atoms with Crippen LogP contribution in [0.5, 0.6) is 5.75 Å². The average molecular weight is 356 g/mol. The van der Waals surface area contributed by atoms with Crippen LogP contribution in [0.4, 0.5) is 0 Å². The van der Waals surface area contributed by atoms with Gasteiger partial charge in [-0.3, -0.25) is 4.98 Å². The summed E-state index contributed by atoms with van der Waals surface area (Å²) in [6.45, 7) is 3.22. The van der Waals surface area contributed by atoms with Crippen LogP contribution in [0.15, 0.2) is 35.1 Å². The lowest BCUT2D eigenvalue weighted by atomic mass is 10.1. The van der Waals surface area contributed by atoms with Crippen LogP contribution in [0.1, 0.15) is 16.7 Å². The second kappa shape index (κ2) is 7.07. The van der Waals surface area contributed by atoms with E-state index in [0.717, 1.165) is 33.5 Å². The Kier molecular flexibility index (Phi) is 5.40. The van der Waals surface area contributed by atoms with Gasteiger partial charge in [0.1, 0.15) is 12.4 Å². The lowest BCUT2D eigenvalue weighted by molar-refractivity contribution is 0.300. The Morgan fingerprint density at radius 1 is 1.35 bits per heavy atom. The van der Waals surface area contributed by atoms with Crippen LogP contribution in [0.3, 0.4) is 0 Å². The maximum absolute atomic E-state index is 6.09. The summed E-state index contributed by atoms with van der Waals surface area (Å²) in [5.41, 5.74) is 3.14. The average Bonchev–Trinajstić information content (AvgIpc) is 2.40. The number of pyridine rings is 1. The van der Waals surface area contributed by atoms with E-state index in [1.165, 1.54) is 0 Å². The lowest BCUT2D eigenvalue weighted by Crippen LogP contribution is -2.09. The van der Waals surface area contributed by atoms with Crippen molar-refractivity contribution in [2.24, 2.45) is 0 Å². The van der Waals surface area contributed by atoms with Gasteiger partial charge in [0.05, 0.1) is 5.02 Å². The summed E-state index contributed by atoms with van der Waals surface area (Å²) in [5, 5.41) is 3.77. The molecule has 20 heavy (non-hydrogen) atoms. The van der Waals surface area contributed by atoms with Gasteiger partial charge in [-0.25, -0.2) is 0 Å². The number of rotatable bonds is 5. The Bertz CT molecular complexity index is 604. The van der Waals surface area contributed by atoms with E-state index in [1.807, 2.05) is 26.1 Å². The van der Waals surface area contributed by atoms with Crippen molar-refractivity contribution in [3.8, 4) is 5.75 Å². The highest BCUT2D eigenvalue weighted by Gasteiger charge is 2.10. The predicted molar refractivity (Wildman–Crippen MR) is 85.2 cm³/mol. The molecule has 1 heterocycles. The van der Waals surface area contributed by atoms with E-state index in [1.54, 1.807) is 12.4 Å². The van der Waals surface area contributed by atoms with E-state index >= 15 is 0 Å². The summed E-state index contributed by atoms with van der Waals surface area (Å²) in [6.07, 6.45) is 3.34. The third-order valence-electron chi connectivity index (χ3n) is 2.91. The third kappa shape index (κ3) is 3.72. The first kappa shape index (κ1) is 15.3. The number of aryl methyl sites for hydroxylation is 1. The third-order valence-corrected chi connectivity index (χ3v) is 3.71. The molecule has 0 radical (unpaired) electrons. The zero-order valence-electron chi connectivity index (χ0n) is 11.4. The van der Waals surface area contributed by atoms with Gasteiger partial charge in [-0.2, -0.15) is 0 Å². The molecule has 1 aromatic carbocycles. The van der Waals surface area contributed by atoms with Gasteiger partial charge in [0.25, 0.3) is 0 Å². The number of ether oxygens (including phenoxy) is 1. The minimum absolute atomic E-state index is 0.431. The molecule has 1 N–H and O–H groups in total. The van der Waals surface area contributed by atoms with E-state index in [4.69, 9.17) is 16.3 Å². The smallest absolute Gasteiger partial charge is 0.127 e. The summed E-state index contributed by atoms with van der Waals surface area (Å²) in [7, 11) is 1.92. The molecule has 3 nitrogen and oxygen atoms in total. The Balaban J connectivity index is 2.22. The second-order valence-corrected chi connectivity index (χ2v) is 5.82. The van der Waals surface area contributed by atoms with Crippen molar-refractivity contribution in [1.29, 1.82) is 0 Å². The molecule has 0 aliphatic carbocycles. The summed E-state index contributed by atoms with van der Waals surface area (Å²) >= 11 is 9.61. The van der Waals surface area contributed by atoms with Gasteiger partial charge in [-0.05, 0) is 37.7 Å². The van der Waals surface area contributed by atoms with Crippen LogP contribution in [0.25, 0.3) is 0 Å². The van der Waals surface area contributed by atoms with Gasteiger partial charge >= 0.3 is 0 Å². The zero-order valence-corrected chi connectivity index (χ0v) is 13.8. The predicted octanol–water partition coefficient (Wildman–Crippen LogP) is 4.10. The Hall–Kier alpha value is -1.10. The summed E-state index contributed by atoms with van der Waals surface area (Å²) < 4.78 is 7.02. The standard InChI is InChI=1S/C15H16BrClN2O/c1-10-5-13(16)6-12(7-18-2)15(10)20-9-11-3-4-19-8-14(11)17/h3-6,8,18H,7,9H2,1-2H3. The lowest BCUT2D eigenvalue weighted by Gasteiger charge is -2.15. The molecule has 0 amide bonds. The maximum Gasteiger partial charge on any atom is 0.127 e. The van der Waals surface area contributed by atoms with Crippen molar-refractivity contribution in [3.05, 3.63) is 56.8 Å². The fourth-order valence-electron chi connectivity index (χ4n) is 2.00. The van der Waals surface area contributed by atoms with Crippen LogP contribution >= 0.6 is 27.5 Å². The van der Waals surface area contributed by atoms with Gasteiger partial charge in [0, 0.05) is 34.5 Å². The fraction of sp³-hybridized carbons (Fsp3) is 0.267. The van der Waals surface area contributed by atoms with Gasteiger partial charge in [-0.15, -0.1) is 0 Å². The molecular weight excluding hydrogens is 340 g/mol. The molecule has 2 aromatic rings. The van der Waals surface area contributed by atoms with Crippen LogP contribution < -0.4 is 10.1 Å². The van der Waals surface area contributed by atoms with Crippen LogP contribution in [-0.4, -0.2) is 12.0 Å². The zero-order chi connectivity index (χ0) is 14.5. The van der Waals surface area contributed by atoms with Crippen LogP contribution in [0.2, 0.25) is 5.02 Å². The molecule has 0 bridgehead atoms. The summed E-state index contributed by atoms with van der Waals surface area (Å²) in [5.74, 6) is 0.899. The molecule has 0 fully saturated rings. The molecule has 1 aromatic heterocycles. The highest BCUT2D eigenvalue weighted by atomic mass is 79.9. The van der Waals surface area contributed by atoms with E-state index in [0.29, 0.717) is 11.6 Å². The number of nitrogens with zero attached hydrogens (tertiary/aromatic N) is 1. The van der Waals surface area contributed by atoms with Crippen molar-refractivity contribution in [3.63, 3.8) is 0 Å².